The first-order valence-electron chi connectivity index (χ1n) is 8.15. The molecule has 0 aliphatic rings. The van der Waals surface area contributed by atoms with E-state index in [1.54, 1.807) is 6.92 Å². The summed E-state index contributed by atoms with van der Waals surface area (Å²) in [5.41, 5.74) is 0.534. The molecule has 2 aromatic rings. The number of alkyl halides is 2. The molecule has 0 bridgehead atoms. The van der Waals surface area contributed by atoms with Crippen molar-refractivity contribution in [2.24, 2.45) is 0 Å². The fourth-order valence-corrected chi connectivity index (χ4v) is 3.38. The fourth-order valence-electron chi connectivity index (χ4n) is 2.29. The van der Waals surface area contributed by atoms with Crippen molar-refractivity contribution in [1.82, 2.24) is 4.72 Å². The molecule has 0 saturated heterocycles. The van der Waals surface area contributed by atoms with Gasteiger partial charge in [0.15, 0.2) is 11.5 Å². The van der Waals surface area contributed by atoms with Crippen LogP contribution in [0.3, 0.4) is 0 Å². The number of ether oxygens (including phenoxy) is 3. The van der Waals surface area contributed by atoms with Crippen LogP contribution in [0.5, 0.6) is 11.5 Å². The van der Waals surface area contributed by atoms with Gasteiger partial charge in [0.25, 0.3) is 0 Å². The van der Waals surface area contributed by atoms with Crippen molar-refractivity contribution in [3.05, 3.63) is 53.6 Å². The molecule has 2 rings (SSSR count). The molecule has 0 fully saturated rings. The lowest BCUT2D eigenvalue weighted by molar-refractivity contribution is -0.0512. The summed E-state index contributed by atoms with van der Waals surface area (Å²) < 4.78 is 65.5. The maximum Gasteiger partial charge on any atom is 0.387 e. The minimum atomic E-state index is -3.71. The zero-order valence-corrected chi connectivity index (χ0v) is 16.0. The van der Waals surface area contributed by atoms with Gasteiger partial charge < -0.3 is 14.2 Å². The average Bonchev–Trinajstić information content (AvgIpc) is 2.66. The van der Waals surface area contributed by atoms with E-state index >= 15 is 0 Å². The van der Waals surface area contributed by atoms with Crippen molar-refractivity contribution in [1.29, 1.82) is 0 Å². The number of nitrogens with one attached hydrogen (secondary N) is 1. The molecule has 0 amide bonds. The number of hydrogen-bond acceptors (Lipinski definition) is 6. The number of carbonyl (C=O) groups excluding carboxylic acids is 1. The molecule has 152 valence electrons. The van der Waals surface area contributed by atoms with E-state index in [9.17, 15) is 22.0 Å². The molecular formula is C18H19F2NO6S. The second-order valence-electron chi connectivity index (χ2n) is 5.47. The van der Waals surface area contributed by atoms with E-state index in [2.05, 4.69) is 9.46 Å². The lowest BCUT2D eigenvalue weighted by Crippen LogP contribution is -2.23. The molecule has 0 spiro atoms. The minimum Gasteiger partial charge on any atom is -0.493 e. The third kappa shape index (κ3) is 5.64. The van der Waals surface area contributed by atoms with Crippen molar-refractivity contribution in [3.8, 4) is 11.5 Å². The minimum absolute atomic E-state index is 0.0565. The van der Waals surface area contributed by atoms with Gasteiger partial charge in [-0.2, -0.15) is 8.78 Å². The van der Waals surface area contributed by atoms with Crippen molar-refractivity contribution in [2.75, 3.05) is 13.7 Å². The maximum atomic E-state index is 12.3. The van der Waals surface area contributed by atoms with Gasteiger partial charge in [-0.15, -0.1) is 0 Å². The Labute approximate surface area is 161 Å². The van der Waals surface area contributed by atoms with Crippen molar-refractivity contribution in [3.63, 3.8) is 0 Å². The molecule has 7 nitrogen and oxygen atoms in total. The van der Waals surface area contributed by atoms with Gasteiger partial charge in [-0.3, -0.25) is 0 Å². The van der Waals surface area contributed by atoms with Crippen LogP contribution in [0.1, 0.15) is 22.8 Å². The zero-order valence-electron chi connectivity index (χ0n) is 15.1. The molecule has 0 radical (unpaired) electrons. The smallest absolute Gasteiger partial charge is 0.387 e. The van der Waals surface area contributed by atoms with E-state index in [4.69, 9.17) is 9.47 Å². The number of halogens is 2. The number of carbonyl (C=O) groups is 1. The Hall–Kier alpha value is -2.72. The first-order chi connectivity index (χ1) is 13.3. The van der Waals surface area contributed by atoms with Gasteiger partial charge >= 0.3 is 12.6 Å². The number of rotatable bonds is 9. The molecule has 0 aromatic heterocycles. The summed E-state index contributed by atoms with van der Waals surface area (Å²) in [6, 6.07) is 9.55. The fraction of sp³-hybridized carbons (Fsp3) is 0.278. The molecule has 0 unspecified atom stereocenters. The summed E-state index contributed by atoms with van der Waals surface area (Å²) in [4.78, 5) is 12.2. The number of esters is 1. The van der Waals surface area contributed by atoms with Crippen molar-refractivity contribution >= 4 is 16.0 Å². The summed E-state index contributed by atoms with van der Waals surface area (Å²) >= 11 is 0. The van der Waals surface area contributed by atoms with Gasteiger partial charge in [-0.1, -0.05) is 19.1 Å². The van der Waals surface area contributed by atoms with Crippen LogP contribution in [-0.4, -0.2) is 34.7 Å². The summed E-state index contributed by atoms with van der Waals surface area (Å²) in [5, 5.41) is 0. The van der Waals surface area contributed by atoms with Crippen LogP contribution in [0.4, 0.5) is 8.78 Å². The maximum absolute atomic E-state index is 12.3. The summed E-state index contributed by atoms with van der Waals surface area (Å²) in [5.74, 6) is -0.818. The molecule has 28 heavy (non-hydrogen) atoms. The van der Waals surface area contributed by atoms with Gasteiger partial charge in [-0.05, 0) is 35.9 Å². The van der Waals surface area contributed by atoms with E-state index in [0.29, 0.717) is 5.56 Å². The van der Waals surface area contributed by atoms with E-state index in [1.165, 1.54) is 49.6 Å². The monoisotopic (exact) mass is 415 g/mol. The highest BCUT2D eigenvalue weighted by atomic mass is 32.2. The second kappa shape index (κ2) is 9.47. The van der Waals surface area contributed by atoms with E-state index < -0.39 is 22.6 Å². The molecule has 0 aliphatic heterocycles. The molecule has 2 aromatic carbocycles. The van der Waals surface area contributed by atoms with E-state index in [-0.39, 0.29) is 35.1 Å². The van der Waals surface area contributed by atoms with Crippen LogP contribution in [-0.2, 0) is 21.4 Å². The highest BCUT2D eigenvalue weighted by molar-refractivity contribution is 7.89. The topological polar surface area (TPSA) is 90.9 Å². The largest absolute Gasteiger partial charge is 0.493 e. The summed E-state index contributed by atoms with van der Waals surface area (Å²) in [6.07, 6.45) is 0. The summed E-state index contributed by atoms with van der Waals surface area (Å²) in [6.45, 7) is -1.32. The Morgan fingerprint density at radius 2 is 1.89 bits per heavy atom. The van der Waals surface area contributed by atoms with Crippen LogP contribution in [0, 0.1) is 0 Å². The van der Waals surface area contributed by atoms with Crippen LogP contribution >= 0.6 is 0 Å². The first kappa shape index (κ1) is 21.6. The third-order valence-corrected chi connectivity index (χ3v) is 5.07. The Bertz CT molecular complexity index is 933. The number of sulfonamides is 1. The predicted octanol–water partition coefficient (Wildman–Crippen LogP) is 2.95. The summed E-state index contributed by atoms with van der Waals surface area (Å²) in [7, 11) is -2.42. The van der Waals surface area contributed by atoms with Gasteiger partial charge in [0.1, 0.15) is 6.61 Å². The van der Waals surface area contributed by atoms with Gasteiger partial charge in [0, 0.05) is 6.54 Å². The molecule has 10 heteroatoms. The number of hydrogen-bond donors (Lipinski definition) is 1. The second-order valence-corrected chi connectivity index (χ2v) is 7.24. The van der Waals surface area contributed by atoms with Crippen LogP contribution in [0.2, 0.25) is 0 Å². The van der Waals surface area contributed by atoms with Gasteiger partial charge in [0.2, 0.25) is 10.0 Å². The Morgan fingerprint density at radius 1 is 1.14 bits per heavy atom. The van der Waals surface area contributed by atoms with Crippen LogP contribution in [0.15, 0.2) is 47.4 Å². The standard InChI is InChI=1S/C18H19F2NO6S/c1-3-21-28(23,24)14-6-4-5-13(10-14)17(22)26-11-12-7-8-15(27-18(19)20)16(9-12)25-2/h4-10,18,21H,3,11H2,1-2H3. The highest BCUT2D eigenvalue weighted by Crippen LogP contribution is 2.29. The van der Waals surface area contributed by atoms with E-state index in [0.717, 1.165) is 0 Å². The molecular weight excluding hydrogens is 396 g/mol. The average molecular weight is 415 g/mol. The van der Waals surface area contributed by atoms with Crippen LogP contribution < -0.4 is 14.2 Å². The lowest BCUT2D eigenvalue weighted by Gasteiger charge is -2.12. The molecule has 0 atom stereocenters. The quantitative estimate of drug-likeness (QED) is 0.634. The molecule has 0 saturated carbocycles. The third-order valence-electron chi connectivity index (χ3n) is 3.53. The number of benzene rings is 2. The normalized spacial score (nSPS) is 11.3. The van der Waals surface area contributed by atoms with Crippen molar-refractivity contribution in [2.45, 2.75) is 25.0 Å². The Balaban J connectivity index is 2.10. The lowest BCUT2D eigenvalue weighted by atomic mass is 10.2. The highest BCUT2D eigenvalue weighted by Gasteiger charge is 2.16. The zero-order chi connectivity index (χ0) is 20.7. The SMILES string of the molecule is CCNS(=O)(=O)c1cccc(C(=O)OCc2ccc(OC(F)F)c(OC)c2)c1. The van der Waals surface area contributed by atoms with Crippen molar-refractivity contribution < 1.29 is 36.2 Å². The van der Waals surface area contributed by atoms with Crippen LogP contribution in [0.25, 0.3) is 0 Å². The Kier molecular flexibility index (Phi) is 7.30. The predicted molar refractivity (Wildman–Crippen MR) is 96.1 cm³/mol. The van der Waals surface area contributed by atoms with E-state index in [1.807, 2.05) is 0 Å². The van der Waals surface area contributed by atoms with Gasteiger partial charge in [-0.25, -0.2) is 17.9 Å². The molecule has 0 aliphatic carbocycles. The molecule has 0 heterocycles. The first-order valence-corrected chi connectivity index (χ1v) is 9.63. The Morgan fingerprint density at radius 3 is 2.54 bits per heavy atom. The van der Waals surface area contributed by atoms with Gasteiger partial charge in [0.05, 0.1) is 17.6 Å². The number of methoxy groups -OCH3 is 1. The molecule has 1 N–H and O–H groups in total.